The Hall–Kier alpha value is 5.17. The first kappa shape index (κ1) is 39.4. The molecule has 0 aromatic heterocycles. The number of unbranched alkanes of at least 4 members (excludes halogenated alkanes) is 11. The molecule has 0 saturated carbocycles. The molecule has 0 amide bonds. The minimum atomic E-state index is -5.61. The van der Waals surface area contributed by atoms with Crippen LogP contribution in [0.15, 0.2) is 0 Å². The first-order chi connectivity index (χ1) is 11.2. The summed E-state index contributed by atoms with van der Waals surface area (Å²) in [5.74, 6) is 0. The topological polar surface area (TPSA) is 133 Å². The van der Waals surface area contributed by atoms with Gasteiger partial charge in [-0.2, -0.15) is 0 Å². The number of hydrogen-bond donors (Lipinski definition) is 1. The van der Waals surface area contributed by atoms with Crippen molar-refractivity contribution in [2.75, 3.05) is 6.61 Å². The molecule has 7 nitrogen and oxygen atoms in total. The molecule has 2 atom stereocenters. The predicted octanol–water partition coefficient (Wildman–Crippen LogP) is -6.54. The Kier molecular flexibility index (Phi) is 35.4. The molecule has 0 aliphatic carbocycles. The van der Waals surface area contributed by atoms with Gasteiger partial charge in [-0.3, -0.25) is 0 Å². The van der Waals surface area contributed by atoms with Gasteiger partial charge in [-0.25, -0.2) is 0 Å². The maximum Gasteiger partial charge on any atom is 1.00 e. The molecule has 12 heteroatoms. The van der Waals surface area contributed by atoms with E-state index in [1.54, 1.807) is 0 Å². The van der Waals surface area contributed by atoms with Crippen LogP contribution in [-0.2, 0) is 13.7 Å². The Morgan fingerprint density at radius 1 is 0.741 bits per heavy atom. The third-order valence-electron chi connectivity index (χ3n) is 3.83. The van der Waals surface area contributed by atoms with E-state index in [0.29, 0.717) is 6.42 Å². The van der Waals surface area contributed by atoms with Crippen LogP contribution >= 0.6 is 15.2 Å². The molecule has 2 unspecified atom stereocenters. The maximum absolute atomic E-state index is 11.3. The van der Waals surface area contributed by atoms with Gasteiger partial charge in [0.2, 0.25) is 0 Å². The van der Waals surface area contributed by atoms with Gasteiger partial charge in [-0.1, -0.05) is 77.6 Å². The summed E-state index contributed by atoms with van der Waals surface area (Å²) >= 11 is 0. The summed E-state index contributed by atoms with van der Waals surface area (Å²) in [6, 6.07) is 0. The normalized spacial score (nSPS) is 14.3. The molecule has 0 aromatic rings. The van der Waals surface area contributed by atoms with Crippen LogP contribution in [0.1, 0.15) is 84.0 Å². The largest absolute Gasteiger partial charge is 1.00 e. The zero-order valence-electron chi connectivity index (χ0n) is 17.6. The van der Waals surface area contributed by atoms with Gasteiger partial charge in [-0.05, 0) is 14.0 Å². The maximum atomic E-state index is 11.3. The molecule has 0 fully saturated rings. The molecule has 0 heterocycles. The van der Waals surface area contributed by atoms with Gasteiger partial charge in [0, 0.05) is 0 Å². The minimum Gasteiger partial charge on any atom is -0.809 e. The summed E-state index contributed by atoms with van der Waals surface area (Å²) in [5.41, 5.74) is -3.00. The van der Waals surface area contributed by atoms with Crippen LogP contribution in [0.4, 0.5) is 0 Å². The fourth-order valence-electron chi connectivity index (χ4n) is 2.37. The van der Waals surface area contributed by atoms with Crippen LogP contribution in [-0.4, -0.2) is 17.3 Å². The van der Waals surface area contributed by atoms with E-state index in [-0.39, 0.29) is 161 Å². The van der Waals surface area contributed by atoms with E-state index in [4.69, 9.17) is 5.11 Å². The van der Waals surface area contributed by atoms with E-state index in [9.17, 15) is 23.8 Å². The Bertz CT molecular complexity index is 411. The van der Waals surface area contributed by atoms with Crippen molar-refractivity contribution in [2.45, 2.75) is 89.6 Å². The molecular formula is C15H31K3O7P2. The van der Waals surface area contributed by atoms with Crippen molar-refractivity contribution in [1.82, 2.24) is 0 Å². The van der Waals surface area contributed by atoms with E-state index in [2.05, 4.69) is 11.4 Å². The van der Waals surface area contributed by atoms with Crippen LogP contribution < -0.4 is 169 Å². The molecule has 1 N–H and O–H groups in total. The molecule has 0 bridgehead atoms. The average molecular weight is 503 g/mol. The van der Waals surface area contributed by atoms with Crippen LogP contribution in [0.2, 0.25) is 0 Å². The third-order valence-corrected chi connectivity index (χ3v) is 7.21. The summed E-state index contributed by atoms with van der Waals surface area (Å²) in [7, 11) is -10.7. The fourth-order valence-corrected chi connectivity index (χ4v) is 4.48. The molecule has 0 spiro atoms. The molecule has 0 aliphatic heterocycles. The number of aliphatic hydroxyl groups excluding tert-OH is 1. The van der Waals surface area contributed by atoms with Crippen molar-refractivity contribution >= 4 is 15.2 Å². The molecule has 0 radical (unpaired) electrons. The van der Waals surface area contributed by atoms with Crippen molar-refractivity contribution in [3.63, 3.8) is 0 Å². The second kappa shape index (κ2) is 24.3. The van der Waals surface area contributed by atoms with Crippen molar-refractivity contribution in [1.29, 1.82) is 0 Å². The SMILES string of the molecule is CCCCCCCCCCCCCCOP(=O)([O-])C(O)P(=O)([O-])[O-].[K+].[K+].[K+]. The monoisotopic (exact) mass is 502 g/mol. The Morgan fingerprint density at radius 3 is 1.41 bits per heavy atom. The first-order valence-corrected chi connectivity index (χ1v) is 12.1. The standard InChI is InChI=1S/C15H34O7P2.3K/c1-2-3-4-5-6-7-8-9-10-11-12-13-14-22-24(20,21)15(16)23(17,18)19;;;/h15-16H,2-14H2,1H3,(H,20,21)(H2,17,18,19);;;/q;3*+1/p-3. The molecule has 0 aromatic carbocycles. The van der Waals surface area contributed by atoms with Gasteiger partial charge in [0.1, 0.15) is 5.59 Å². The smallest absolute Gasteiger partial charge is 0.809 e. The zero-order valence-corrected chi connectivity index (χ0v) is 28.7. The van der Waals surface area contributed by atoms with E-state index >= 15 is 0 Å². The van der Waals surface area contributed by atoms with Crippen LogP contribution in [0.5, 0.6) is 0 Å². The van der Waals surface area contributed by atoms with E-state index < -0.39 is 20.8 Å². The quantitative estimate of drug-likeness (QED) is 0.126. The molecule has 0 rings (SSSR count). The number of aliphatic hydroxyl groups is 1. The van der Waals surface area contributed by atoms with Crippen molar-refractivity contribution in [2.24, 2.45) is 0 Å². The predicted molar refractivity (Wildman–Crippen MR) is 88.2 cm³/mol. The van der Waals surface area contributed by atoms with Crippen LogP contribution in [0, 0.1) is 0 Å². The fraction of sp³-hybridized carbons (Fsp3) is 1.00. The summed E-state index contributed by atoms with van der Waals surface area (Å²) in [6.45, 7) is 1.99. The summed E-state index contributed by atoms with van der Waals surface area (Å²) < 4.78 is 26.1. The average Bonchev–Trinajstić information content (AvgIpc) is 2.50. The van der Waals surface area contributed by atoms with Gasteiger partial charge in [0.05, 0.1) is 6.61 Å². The molecule has 0 saturated heterocycles. The van der Waals surface area contributed by atoms with Crippen molar-refractivity contribution in [3.8, 4) is 0 Å². The van der Waals surface area contributed by atoms with Crippen LogP contribution in [0.25, 0.3) is 0 Å². The Labute approximate surface area is 292 Å². The van der Waals surface area contributed by atoms with Gasteiger partial charge in [-0.15, -0.1) is 0 Å². The number of hydrogen-bond acceptors (Lipinski definition) is 7. The van der Waals surface area contributed by atoms with Gasteiger partial charge in [0.15, 0.2) is 7.60 Å². The molecule has 27 heavy (non-hydrogen) atoms. The van der Waals surface area contributed by atoms with E-state index in [0.717, 1.165) is 25.7 Å². The number of rotatable bonds is 16. The molecular weight excluding hydrogens is 471 g/mol. The third kappa shape index (κ3) is 24.1. The molecule has 146 valence electrons. The second-order valence-corrected chi connectivity index (χ2v) is 9.95. The van der Waals surface area contributed by atoms with Gasteiger partial charge >= 0.3 is 154 Å². The minimum absolute atomic E-state index is 0. The molecule has 0 aliphatic rings. The summed E-state index contributed by atoms with van der Waals surface area (Å²) in [4.78, 5) is 32.2. The van der Waals surface area contributed by atoms with Crippen LogP contribution in [0.3, 0.4) is 0 Å². The van der Waals surface area contributed by atoms with Crippen molar-refractivity contribution < 1.29 is 188 Å². The second-order valence-electron chi connectivity index (χ2n) is 6.15. The van der Waals surface area contributed by atoms with E-state index in [1.165, 1.54) is 44.9 Å². The first-order valence-electron chi connectivity index (χ1n) is 8.87. The van der Waals surface area contributed by atoms with Gasteiger partial charge < -0.3 is 33.4 Å². The zero-order chi connectivity index (χ0) is 18.5. The van der Waals surface area contributed by atoms with Gasteiger partial charge in [0.25, 0.3) is 0 Å². The van der Waals surface area contributed by atoms with Crippen molar-refractivity contribution in [3.05, 3.63) is 0 Å². The Balaban J connectivity index is -0.000000882. The Morgan fingerprint density at radius 2 is 1.07 bits per heavy atom. The summed E-state index contributed by atoms with van der Waals surface area (Å²) in [6.07, 6.45) is 13.4. The van der Waals surface area contributed by atoms with E-state index in [1.807, 2.05) is 0 Å². The summed E-state index contributed by atoms with van der Waals surface area (Å²) in [5, 5.41) is 8.92.